The Balaban J connectivity index is 1.81. The first-order valence-corrected chi connectivity index (χ1v) is 6.96. The molecule has 2 atom stereocenters. The number of benzene rings is 1. The van der Waals surface area contributed by atoms with Gasteiger partial charge in [-0.15, -0.1) is 0 Å². The van der Waals surface area contributed by atoms with E-state index in [4.69, 9.17) is 10.5 Å². The molecule has 1 aromatic rings. The Bertz CT molecular complexity index is 544. The zero-order valence-electron chi connectivity index (χ0n) is 11.2. The van der Waals surface area contributed by atoms with Crippen molar-refractivity contribution in [3.8, 4) is 0 Å². The van der Waals surface area contributed by atoms with E-state index in [0.717, 1.165) is 12.0 Å². The highest BCUT2D eigenvalue weighted by molar-refractivity contribution is 6.00. The SMILES string of the molecule is NC1CCC(=O)N(CC2OCCc3ccccc32)C1=O. The summed E-state index contributed by atoms with van der Waals surface area (Å²) in [5, 5.41) is 0. The Labute approximate surface area is 117 Å². The topological polar surface area (TPSA) is 72.6 Å². The van der Waals surface area contributed by atoms with Crippen LogP contribution in [0.2, 0.25) is 0 Å². The van der Waals surface area contributed by atoms with Crippen LogP contribution in [0.5, 0.6) is 0 Å². The van der Waals surface area contributed by atoms with E-state index in [-0.39, 0.29) is 24.5 Å². The van der Waals surface area contributed by atoms with Crippen LogP contribution in [0, 0.1) is 0 Å². The lowest BCUT2D eigenvalue weighted by Crippen LogP contribution is -2.52. The molecule has 20 heavy (non-hydrogen) atoms. The lowest BCUT2D eigenvalue weighted by atomic mass is 9.96. The molecule has 5 nitrogen and oxygen atoms in total. The number of carbonyl (C=O) groups is 2. The number of likely N-dealkylation sites (tertiary alicyclic amines) is 1. The van der Waals surface area contributed by atoms with Gasteiger partial charge in [0.25, 0.3) is 0 Å². The molecule has 106 valence electrons. The lowest BCUT2D eigenvalue weighted by Gasteiger charge is -2.34. The van der Waals surface area contributed by atoms with E-state index >= 15 is 0 Å². The molecule has 0 aromatic heterocycles. The third kappa shape index (κ3) is 2.34. The molecular weight excluding hydrogens is 256 g/mol. The molecule has 2 unspecified atom stereocenters. The molecule has 2 aliphatic heterocycles. The van der Waals surface area contributed by atoms with E-state index < -0.39 is 6.04 Å². The van der Waals surface area contributed by atoms with Gasteiger partial charge in [0.2, 0.25) is 11.8 Å². The third-order valence-electron chi connectivity index (χ3n) is 3.99. The third-order valence-corrected chi connectivity index (χ3v) is 3.99. The first-order valence-electron chi connectivity index (χ1n) is 6.96. The minimum absolute atomic E-state index is 0.150. The molecule has 2 aliphatic rings. The predicted molar refractivity (Wildman–Crippen MR) is 72.8 cm³/mol. The van der Waals surface area contributed by atoms with Gasteiger partial charge in [-0.05, 0) is 24.0 Å². The quantitative estimate of drug-likeness (QED) is 0.809. The summed E-state index contributed by atoms with van der Waals surface area (Å²) < 4.78 is 5.75. The highest BCUT2D eigenvalue weighted by Gasteiger charge is 2.35. The number of imide groups is 1. The zero-order chi connectivity index (χ0) is 14.1. The first kappa shape index (κ1) is 13.3. The summed E-state index contributed by atoms with van der Waals surface area (Å²) in [5.74, 6) is -0.434. The monoisotopic (exact) mass is 274 g/mol. The Morgan fingerprint density at radius 1 is 1.25 bits per heavy atom. The molecular formula is C15H18N2O3. The van der Waals surface area contributed by atoms with Crippen LogP contribution in [-0.4, -0.2) is 35.9 Å². The van der Waals surface area contributed by atoms with Crippen LogP contribution in [0.1, 0.15) is 30.1 Å². The summed E-state index contributed by atoms with van der Waals surface area (Å²) in [7, 11) is 0. The molecule has 3 rings (SSSR count). The van der Waals surface area contributed by atoms with E-state index in [2.05, 4.69) is 6.07 Å². The van der Waals surface area contributed by atoms with Gasteiger partial charge in [-0.2, -0.15) is 0 Å². The van der Waals surface area contributed by atoms with E-state index in [1.54, 1.807) is 0 Å². The van der Waals surface area contributed by atoms with Crippen molar-refractivity contribution < 1.29 is 14.3 Å². The minimum Gasteiger partial charge on any atom is -0.371 e. The number of hydrogen-bond acceptors (Lipinski definition) is 4. The summed E-state index contributed by atoms with van der Waals surface area (Å²) in [6.07, 6.45) is 1.41. The van der Waals surface area contributed by atoms with Gasteiger partial charge in [0, 0.05) is 6.42 Å². The fourth-order valence-electron chi connectivity index (χ4n) is 2.85. The van der Waals surface area contributed by atoms with Crippen molar-refractivity contribution in [2.75, 3.05) is 13.2 Å². The fourth-order valence-corrected chi connectivity index (χ4v) is 2.85. The highest BCUT2D eigenvalue weighted by atomic mass is 16.5. The van der Waals surface area contributed by atoms with Crippen molar-refractivity contribution in [2.24, 2.45) is 5.73 Å². The number of nitrogens with zero attached hydrogens (tertiary/aromatic N) is 1. The van der Waals surface area contributed by atoms with Gasteiger partial charge < -0.3 is 10.5 Å². The second kappa shape index (κ2) is 5.34. The summed E-state index contributed by atoms with van der Waals surface area (Å²) in [6.45, 7) is 0.881. The Morgan fingerprint density at radius 2 is 2.05 bits per heavy atom. The Hall–Kier alpha value is -1.72. The van der Waals surface area contributed by atoms with Crippen LogP contribution in [0.4, 0.5) is 0 Å². The normalized spacial score (nSPS) is 26.6. The molecule has 2 N–H and O–H groups in total. The Kier molecular flexibility index (Phi) is 3.54. The average molecular weight is 274 g/mol. The van der Waals surface area contributed by atoms with Gasteiger partial charge in [0.1, 0.15) is 6.10 Å². The number of carbonyl (C=O) groups excluding carboxylic acids is 2. The van der Waals surface area contributed by atoms with E-state index in [0.29, 0.717) is 19.4 Å². The highest BCUT2D eigenvalue weighted by Crippen LogP contribution is 2.28. The molecule has 2 heterocycles. The van der Waals surface area contributed by atoms with Crippen molar-refractivity contribution in [1.29, 1.82) is 0 Å². The van der Waals surface area contributed by atoms with E-state index in [1.807, 2.05) is 18.2 Å². The second-order valence-corrected chi connectivity index (χ2v) is 5.30. The molecule has 0 spiro atoms. The molecule has 0 aliphatic carbocycles. The maximum absolute atomic E-state index is 12.0. The summed E-state index contributed by atoms with van der Waals surface area (Å²) in [6, 6.07) is 7.45. The maximum Gasteiger partial charge on any atom is 0.246 e. The number of amides is 2. The molecule has 0 saturated carbocycles. The van der Waals surface area contributed by atoms with Gasteiger partial charge in [0.05, 0.1) is 19.2 Å². The van der Waals surface area contributed by atoms with E-state index in [9.17, 15) is 9.59 Å². The smallest absolute Gasteiger partial charge is 0.246 e. The van der Waals surface area contributed by atoms with Crippen LogP contribution >= 0.6 is 0 Å². The van der Waals surface area contributed by atoms with E-state index in [1.165, 1.54) is 10.5 Å². The number of nitrogens with two attached hydrogens (primary N) is 1. The van der Waals surface area contributed by atoms with Crippen molar-refractivity contribution in [3.63, 3.8) is 0 Å². The standard InChI is InChI=1S/C15H18N2O3/c16-12-5-6-14(18)17(15(12)19)9-13-11-4-2-1-3-10(11)7-8-20-13/h1-4,12-13H,5-9,16H2. The number of fused-ring (bicyclic) bond motifs is 1. The van der Waals surface area contributed by atoms with Crippen molar-refractivity contribution in [1.82, 2.24) is 4.90 Å². The van der Waals surface area contributed by atoms with Crippen LogP contribution in [-0.2, 0) is 20.7 Å². The number of rotatable bonds is 2. The van der Waals surface area contributed by atoms with Gasteiger partial charge >= 0.3 is 0 Å². The van der Waals surface area contributed by atoms with Gasteiger partial charge in [-0.25, -0.2) is 0 Å². The predicted octanol–water partition coefficient (Wildman–Crippen LogP) is 0.777. The minimum atomic E-state index is -0.563. The summed E-state index contributed by atoms with van der Waals surface area (Å²) >= 11 is 0. The molecule has 0 radical (unpaired) electrons. The molecule has 5 heteroatoms. The van der Waals surface area contributed by atoms with Crippen molar-refractivity contribution in [2.45, 2.75) is 31.4 Å². The maximum atomic E-state index is 12.0. The van der Waals surface area contributed by atoms with Crippen molar-refractivity contribution in [3.05, 3.63) is 35.4 Å². The lowest BCUT2D eigenvalue weighted by molar-refractivity contribution is -0.151. The van der Waals surface area contributed by atoms with Crippen LogP contribution in [0.3, 0.4) is 0 Å². The van der Waals surface area contributed by atoms with Crippen molar-refractivity contribution >= 4 is 11.8 Å². The second-order valence-electron chi connectivity index (χ2n) is 5.30. The molecule has 0 bridgehead atoms. The number of ether oxygens (including phenoxy) is 1. The molecule has 1 aromatic carbocycles. The fraction of sp³-hybridized carbons (Fsp3) is 0.467. The zero-order valence-corrected chi connectivity index (χ0v) is 11.2. The number of hydrogen-bond donors (Lipinski definition) is 1. The van der Waals surface area contributed by atoms with Crippen LogP contribution in [0.25, 0.3) is 0 Å². The average Bonchev–Trinajstić information content (AvgIpc) is 2.48. The van der Waals surface area contributed by atoms with Gasteiger partial charge in [-0.3, -0.25) is 14.5 Å². The number of piperidine rings is 1. The Morgan fingerprint density at radius 3 is 2.90 bits per heavy atom. The molecule has 1 fully saturated rings. The van der Waals surface area contributed by atoms with Crippen LogP contribution < -0.4 is 5.73 Å². The largest absolute Gasteiger partial charge is 0.371 e. The summed E-state index contributed by atoms with van der Waals surface area (Å²) in [5.41, 5.74) is 8.04. The van der Waals surface area contributed by atoms with Crippen LogP contribution in [0.15, 0.2) is 24.3 Å². The van der Waals surface area contributed by atoms with Gasteiger partial charge in [-0.1, -0.05) is 24.3 Å². The molecule has 2 amide bonds. The first-order chi connectivity index (χ1) is 9.66. The molecule has 1 saturated heterocycles. The van der Waals surface area contributed by atoms with Gasteiger partial charge in [0.15, 0.2) is 0 Å². The summed E-state index contributed by atoms with van der Waals surface area (Å²) in [4.78, 5) is 25.2.